The van der Waals surface area contributed by atoms with E-state index in [0.717, 1.165) is 51.3 Å². The number of hydrogen-bond acceptors (Lipinski definition) is 5. The molecule has 0 radical (unpaired) electrons. The van der Waals surface area contributed by atoms with Gasteiger partial charge >= 0.3 is 0 Å². The second kappa shape index (κ2) is 14.1. The van der Waals surface area contributed by atoms with Crippen molar-refractivity contribution in [2.45, 2.75) is 38.8 Å². The Morgan fingerprint density at radius 1 is 0.795 bits per heavy atom. The Hall–Kier alpha value is -3.49. The van der Waals surface area contributed by atoms with Crippen LogP contribution in [0.15, 0.2) is 83.7 Å². The molecule has 1 atom stereocenters. The van der Waals surface area contributed by atoms with Crippen LogP contribution in [0.3, 0.4) is 0 Å². The minimum Gasteiger partial charge on any atom is -0.345 e. The van der Waals surface area contributed by atoms with E-state index < -0.39 is 0 Å². The number of pyridine rings is 1. The number of carbonyl (C=O) groups excluding carboxylic acids is 1. The van der Waals surface area contributed by atoms with E-state index in [1.165, 1.54) is 25.9 Å². The third-order valence-corrected chi connectivity index (χ3v) is 9.40. The highest BCUT2D eigenvalue weighted by atomic mass is 35.5. The lowest BCUT2D eigenvalue weighted by Gasteiger charge is -2.36. The molecule has 2 aliphatic heterocycles. The molecule has 2 aliphatic rings. The molecule has 230 valence electrons. The summed E-state index contributed by atoms with van der Waals surface area (Å²) in [7, 11) is 0. The van der Waals surface area contributed by atoms with E-state index >= 15 is 0 Å². The average Bonchev–Trinajstić information content (AvgIpc) is 3.58. The molecule has 0 unspecified atom stereocenters. The number of nitrogens with one attached hydrogen (secondary N) is 1. The first-order valence-electron chi connectivity index (χ1n) is 16.0. The fourth-order valence-electron chi connectivity index (χ4n) is 6.70. The monoisotopic (exact) mass is 611 g/mol. The summed E-state index contributed by atoms with van der Waals surface area (Å²) in [6, 6.07) is 24.7. The molecule has 2 fully saturated rings. The normalized spacial score (nSPS) is 17.2. The number of hydrogen-bond donors (Lipinski definition) is 1. The van der Waals surface area contributed by atoms with Gasteiger partial charge in [-0.2, -0.15) is 0 Å². The molecule has 0 aliphatic carbocycles. The number of rotatable bonds is 10. The van der Waals surface area contributed by atoms with Crippen molar-refractivity contribution in [3.8, 4) is 5.69 Å². The summed E-state index contributed by atoms with van der Waals surface area (Å²) in [4.78, 5) is 36.1. The molecular formula is C36H42ClN5O2. The van der Waals surface area contributed by atoms with Crippen molar-refractivity contribution in [2.75, 3.05) is 52.4 Å². The van der Waals surface area contributed by atoms with Gasteiger partial charge in [-0.15, -0.1) is 0 Å². The molecule has 0 saturated carbocycles. The number of benzene rings is 3. The predicted molar refractivity (Wildman–Crippen MR) is 179 cm³/mol. The highest BCUT2D eigenvalue weighted by molar-refractivity contribution is 6.30. The Labute approximate surface area is 265 Å². The topological polar surface area (TPSA) is 60.8 Å². The Morgan fingerprint density at radius 2 is 1.43 bits per heavy atom. The van der Waals surface area contributed by atoms with Crippen LogP contribution in [0.25, 0.3) is 16.5 Å². The van der Waals surface area contributed by atoms with Gasteiger partial charge in [0, 0.05) is 61.6 Å². The van der Waals surface area contributed by atoms with Gasteiger partial charge < -0.3 is 10.2 Å². The second-order valence-electron chi connectivity index (χ2n) is 12.0. The van der Waals surface area contributed by atoms with Crippen molar-refractivity contribution in [3.63, 3.8) is 0 Å². The maximum absolute atomic E-state index is 14.4. The van der Waals surface area contributed by atoms with Gasteiger partial charge in [-0.3, -0.25) is 24.0 Å². The van der Waals surface area contributed by atoms with E-state index in [9.17, 15) is 9.59 Å². The van der Waals surface area contributed by atoms with Gasteiger partial charge in [0.2, 0.25) is 0 Å². The Balaban J connectivity index is 1.37. The van der Waals surface area contributed by atoms with Gasteiger partial charge in [-0.25, -0.2) is 0 Å². The Bertz CT molecular complexity index is 1640. The molecule has 1 aromatic heterocycles. The van der Waals surface area contributed by atoms with Gasteiger partial charge in [0.25, 0.3) is 11.5 Å². The number of nitrogens with zero attached hydrogens (tertiary/aromatic N) is 4. The lowest BCUT2D eigenvalue weighted by molar-refractivity contribution is 0.0929. The maximum Gasteiger partial charge on any atom is 0.263 e. The summed E-state index contributed by atoms with van der Waals surface area (Å²) in [6.45, 7) is 10.9. The van der Waals surface area contributed by atoms with E-state index in [2.05, 4.69) is 26.9 Å². The summed E-state index contributed by atoms with van der Waals surface area (Å²) >= 11 is 6.45. The molecule has 4 aromatic rings. The maximum atomic E-state index is 14.4. The summed E-state index contributed by atoms with van der Waals surface area (Å²) in [5.74, 6) is -0.174. The predicted octanol–water partition coefficient (Wildman–Crippen LogP) is 5.74. The first-order chi connectivity index (χ1) is 21.5. The van der Waals surface area contributed by atoms with Crippen LogP contribution in [-0.2, 0) is 6.54 Å². The fraction of sp³-hybridized carbons (Fsp3) is 0.389. The zero-order valence-electron chi connectivity index (χ0n) is 25.6. The quantitative estimate of drug-likeness (QED) is 0.248. The number of halogens is 1. The summed E-state index contributed by atoms with van der Waals surface area (Å²) in [5.41, 5.74) is 2.82. The molecule has 3 aromatic carbocycles. The molecule has 1 N–H and O–H groups in total. The van der Waals surface area contributed by atoms with Crippen LogP contribution in [0, 0.1) is 0 Å². The molecule has 0 spiro atoms. The smallest absolute Gasteiger partial charge is 0.263 e. The standard InChI is InChI=1S/C36H42ClN5O2/c1-2-32(27-11-4-3-5-12-27)38-35(43)34-30-15-6-7-16-31(30)36(44)42(29-14-10-13-28(37)25-29)33(34)26-41-23-21-40(22-24-41)20-19-39-17-8-9-18-39/h3-7,10-16,25,32H,2,8-9,17-24,26H2,1H3,(H,38,43)/t32-/m0/s1. The molecule has 0 bridgehead atoms. The molecule has 8 heteroatoms. The van der Waals surface area contributed by atoms with Crippen LogP contribution in [0.2, 0.25) is 5.02 Å². The molecule has 7 nitrogen and oxygen atoms in total. The average molecular weight is 612 g/mol. The van der Waals surface area contributed by atoms with Gasteiger partial charge in [0.1, 0.15) is 0 Å². The zero-order chi connectivity index (χ0) is 30.5. The molecule has 2 saturated heterocycles. The number of amides is 1. The van der Waals surface area contributed by atoms with Crippen molar-refractivity contribution >= 4 is 28.3 Å². The van der Waals surface area contributed by atoms with Crippen molar-refractivity contribution in [3.05, 3.63) is 111 Å². The third-order valence-electron chi connectivity index (χ3n) is 9.17. The Kier molecular flexibility index (Phi) is 9.77. The highest BCUT2D eigenvalue weighted by Crippen LogP contribution is 2.27. The van der Waals surface area contributed by atoms with Crippen molar-refractivity contribution in [1.82, 2.24) is 24.6 Å². The van der Waals surface area contributed by atoms with E-state index in [-0.39, 0.29) is 17.5 Å². The van der Waals surface area contributed by atoms with Gasteiger partial charge in [0.15, 0.2) is 0 Å². The number of fused-ring (bicyclic) bond motifs is 1. The fourth-order valence-corrected chi connectivity index (χ4v) is 6.88. The van der Waals surface area contributed by atoms with E-state index in [1.807, 2.05) is 66.7 Å². The highest BCUT2D eigenvalue weighted by Gasteiger charge is 2.27. The SMILES string of the molecule is CC[C@H](NC(=O)c1c(CN2CCN(CCN3CCCC3)CC2)n(-c2cccc(Cl)c2)c(=O)c2ccccc12)c1ccccc1. The summed E-state index contributed by atoms with van der Waals surface area (Å²) in [5, 5.41) is 5.05. The number of carbonyl (C=O) groups is 1. The van der Waals surface area contributed by atoms with Crippen molar-refractivity contribution in [2.24, 2.45) is 0 Å². The van der Waals surface area contributed by atoms with E-state index in [1.54, 1.807) is 16.7 Å². The largest absolute Gasteiger partial charge is 0.345 e. The van der Waals surface area contributed by atoms with E-state index in [0.29, 0.717) is 39.3 Å². The van der Waals surface area contributed by atoms with Crippen molar-refractivity contribution < 1.29 is 4.79 Å². The lowest BCUT2D eigenvalue weighted by Crippen LogP contribution is -2.48. The number of likely N-dealkylation sites (tertiary alicyclic amines) is 1. The number of piperazine rings is 1. The minimum absolute atomic E-state index is 0.145. The second-order valence-corrected chi connectivity index (χ2v) is 12.4. The number of aromatic nitrogens is 1. The Morgan fingerprint density at radius 3 is 2.11 bits per heavy atom. The van der Waals surface area contributed by atoms with Crippen LogP contribution in [0.4, 0.5) is 0 Å². The van der Waals surface area contributed by atoms with Crippen LogP contribution >= 0.6 is 11.6 Å². The van der Waals surface area contributed by atoms with E-state index in [4.69, 9.17) is 11.6 Å². The lowest BCUT2D eigenvalue weighted by atomic mass is 9.99. The molecule has 1 amide bonds. The molecule has 6 rings (SSSR count). The molecular weight excluding hydrogens is 570 g/mol. The first-order valence-corrected chi connectivity index (χ1v) is 16.3. The summed E-state index contributed by atoms with van der Waals surface area (Å²) in [6.07, 6.45) is 3.37. The third kappa shape index (κ3) is 6.76. The van der Waals surface area contributed by atoms with Crippen LogP contribution in [0.1, 0.15) is 53.8 Å². The van der Waals surface area contributed by atoms with Gasteiger partial charge in [-0.05, 0) is 62.2 Å². The molecule has 44 heavy (non-hydrogen) atoms. The summed E-state index contributed by atoms with van der Waals surface area (Å²) < 4.78 is 1.71. The molecule has 3 heterocycles. The van der Waals surface area contributed by atoms with Gasteiger partial charge in [0.05, 0.1) is 23.0 Å². The zero-order valence-corrected chi connectivity index (χ0v) is 26.3. The van der Waals surface area contributed by atoms with Crippen LogP contribution in [0.5, 0.6) is 0 Å². The first kappa shape index (κ1) is 30.5. The van der Waals surface area contributed by atoms with Crippen molar-refractivity contribution in [1.29, 1.82) is 0 Å². The minimum atomic E-state index is -0.174. The van der Waals surface area contributed by atoms with Crippen LogP contribution in [-0.4, -0.2) is 77.5 Å². The van der Waals surface area contributed by atoms with Gasteiger partial charge in [-0.1, -0.05) is 73.1 Å². The van der Waals surface area contributed by atoms with Crippen LogP contribution < -0.4 is 10.9 Å².